The van der Waals surface area contributed by atoms with Crippen LogP contribution in [0.5, 0.6) is 0 Å². The zero-order chi connectivity index (χ0) is 17.0. The van der Waals surface area contributed by atoms with Gasteiger partial charge in [0.2, 0.25) is 10.0 Å². The van der Waals surface area contributed by atoms with Gasteiger partial charge in [-0.05, 0) is 38.0 Å². The predicted molar refractivity (Wildman–Crippen MR) is 95.4 cm³/mol. The van der Waals surface area contributed by atoms with E-state index in [9.17, 15) is 8.42 Å². The quantitative estimate of drug-likeness (QED) is 0.881. The van der Waals surface area contributed by atoms with Crippen LogP contribution in [0.3, 0.4) is 0 Å². The van der Waals surface area contributed by atoms with E-state index in [-0.39, 0.29) is 5.25 Å². The Morgan fingerprint density at radius 3 is 2.62 bits per heavy atom. The number of hydrogen-bond donors (Lipinski definition) is 1. The Hall–Kier alpha value is -1.21. The maximum absolute atomic E-state index is 12.9. The second-order valence-electron chi connectivity index (χ2n) is 6.98. The molecule has 24 heavy (non-hydrogen) atoms. The first-order chi connectivity index (χ1) is 11.6. The van der Waals surface area contributed by atoms with E-state index in [1.54, 1.807) is 16.7 Å². The molecule has 0 radical (unpaired) electrons. The summed E-state index contributed by atoms with van der Waals surface area (Å²) in [5.41, 5.74) is 0.932. The van der Waals surface area contributed by atoms with Gasteiger partial charge in [0.1, 0.15) is 5.82 Å². The molecule has 1 unspecified atom stereocenters. The van der Waals surface area contributed by atoms with E-state index in [2.05, 4.69) is 15.3 Å². The van der Waals surface area contributed by atoms with Crippen molar-refractivity contribution >= 4 is 15.8 Å². The van der Waals surface area contributed by atoms with Crippen molar-refractivity contribution in [3.05, 3.63) is 18.1 Å². The summed E-state index contributed by atoms with van der Waals surface area (Å²) >= 11 is 0. The molecule has 0 bridgehead atoms. The molecule has 2 heterocycles. The van der Waals surface area contributed by atoms with Crippen LogP contribution in [0.25, 0.3) is 0 Å². The normalized spacial score (nSPS) is 24.0. The number of rotatable bonds is 5. The van der Waals surface area contributed by atoms with Crippen LogP contribution in [0.1, 0.15) is 50.6 Å². The predicted octanol–water partition coefficient (Wildman–Crippen LogP) is 2.44. The highest BCUT2D eigenvalue weighted by atomic mass is 32.2. The van der Waals surface area contributed by atoms with Crippen molar-refractivity contribution in [2.75, 3.05) is 25.5 Å². The fraction of sp³-hybridized carbons (Fsp3) is 0.765. The summed E-state index contributed by atoms with van der Waals surface area (Å²) in [5, 5.41) is 2.91. The average molecular weight is 353 g/mol. The number of aromatic nitrogens is 2. The van der Waals surface area contributed by atoms with Crippen LogP contribution in [-0.2, 0) is 16.4 Å². The molecule has 134 valence electrons. The first-order valence-corrected chi connectivity index (χ1v) is 10.6. The summed E-state index contributed by atoms with van der Waals surface area (Å²) in [6.07, 6.45) is 11.1. The smallest absolute Gasteiger partial charge is 0.216 e. The Bertz CT molecular complexity index is 644. The molecule has 1 saturated heterocycles. The lowest BCUT2D eigenvalue weighted by atomic mass is 9.94. The van der Waals surface area contributed by atoms with E-state index in [4.69, 9.17) is 0 Å². The van der Waals surface area contributed by atoms with Gasteiger partial charge in [0.05, 0.1) is 10.9 Å². The van der Waals surface area contributed by atoms with Crippen molar-refractivity contribution in [2.24, 2.45) is 5.92 Å². The number of nitrogens with zero attached hydrogens (tertiary/aromatic N) is 3. The molecule has 0 amide bonds. The van der Waals surface area contributed by atoms with Crippen molar-refractivity contribution < 1.29 is 8.42 Å². The molecule has 1 aromatic rings. The van der Waals surface area contributed by atoms with Gasteiger partial charge in [-0.2, -0.15) is 0 Å². The molecular weight excluding hydrogens is 324 g/mol. The first kappa shape index (κ1) is 17.6. The standard InChI is InChI=1S/C17H28N4O2S/c1-18-17-16(19-9-10-20-17)12-14-6-5-11-21(13-14)24(22,23)15-7-3-2-4-8-15/h9-10,14-15H,2-8,11-13H2,1H3,(H,18,20). The van der Waals surface area contributed by atoms with Crippen LogP contribution >= 0.6 is 0 Å². The molecule has 1 saturated carbocycles. The molecule has 1 aliphatic carbocycles. The molecule has 6 nitrogen and oxygen atoms in total. The highest BCUT2D eigenvalue weighted by Gasteiger charge is 2.35. The largest absolute Gasteiger partial charge is 0.372 e. The lowest BCUT2D eigenvalue weighted by Gasteiger charge is -2.35. The van der Waals surface area contributed by atoms with Gasteiger partial charge >= 0.3 is 0 Å². The van der Waals surface area contributed by atoms with Crippen LogP contribution in [0, 0.1) is 5.92 Å². The third kappa shape index (κ3) is 3.88. The van der Waals surface area contributed by atoms with Gasteiger partial charge in [-0.3, -0.25) is 4.98 Å². The molecule has 1 N–H and O–H groups in total. The van der Waals surface area contributed by atoms with Crippen molar-refractivity contribution in [3.63, 3.8) is 0 Å². The summed E-state index contributed by atoms with van der Waals surface area (Å²) in [6.45, 7) is 1.30. The zero-order valence-corrected chi connectivity index (χ0v) is 15.3. The minimum Gasteiger partial charge on any atom is -0.372 e. The second kappa shape index (κ2) is 7.78. The van der Waals surface area contributed by atoms with Gasteiger partial charge in [-0.1, -0.05) is 19.3 Å². The molecule has 0 aromatic carbocycles. The summed E-state index contributed by atoms with van der Waals surface area (Å²) in [7, 11) is -1.30. The maximum Gasteiger partial charge on any atom is 0.216 e. The third-order valence-electron chi connectivity index (χ3n) is 5.31. The Balaban J connectivity index is 1.67. The Labute approximate surface area is 145 Å². The molecule has 1 aliphatic heterocycles. The van der Waals surface area contributed by atoms with Gasteiger partial charge in [0, 0.05) is 32.5 Å². The third-order valence-corrected chi connectivity index (χ3v) is 7.67. The summed E-state index contributed by atoms with van der Waals surface area (Å²) in [6, 6.07) is 0. The summed E-state index contributed by atoms with van der Waals surface area (Å²) < 4.78 is 27.7. The lowest BCUT2D eigenvalue weighted by molar-refractivity contribution is 0.259. The summed E-state index contributed by atoms with van der Waals surface area (Å²) in [5.74, 6) is 1.12. The highest BCUT2D eigenvalue weighted by molar-refractivity contribution is 7.89. The fourth-order valence-electron chi connectivity index (χ4n) is 4.00. The minimum absolute atomic E-state index is 0.158. The van der Waals surface area contributed by atoms with Crippen LogP contribution in [-0.4, -0.2) is 48.1 Å². The molecule has 1 atom stereocenters. The van der Waals surface area contributed by atoms with Gasteiger partial charge in [-0.25, -0.2) is 17.7 Å². The molecule has 3 rings (SSSR count). The number of piperidine rings is 1. The topological polar surface area (TPSA) is 75.2 Å². The average Bonchev–Trinajstić information content (AvgIpc) is 2.63. The van der Waals surface area contributed by atoms with Crippen LogP contribution in [0.15, 0.2) is 12.4 Å². The second-order valence-corrected chi connectivity index (χ2v) is 9.19. The van der Waals surface area contributed by atoms with E-state index in [1.807, 2.05) is 7.05 Å². The van der Waals surface area contributed by atoms with Gasteiger partial charge in [-0.15, -0.1) is 0 Å². The van der Waals surface area contributed by atoms with E-state index in [0.29, 0.717) is 19.0 Å². The number of nitrogens with one attached hydrogen (secondary N) is 1. The molecule has 0 spiro atoms. The van der Waals surface area contributed by atoms with Gasteiger partial charge in [0.15, 0.2) is 0 Å². The minimum atomic E-state index is -3.14. The van der Waals surface area contributed by atoms with Crippen LogP contribution in [0.2, 0.25) is 0 Å². The van der Waals surface area contributed by atoms with Crippen molar-refractivity contribution in [2.45, 2.75) is 56.6 Å². The fourth-order valence-corrected chi connectivity index (χ4v) is 6.15. The van der Waals surface area contributed by atoms with Crippen molar-refractivity contribution in [3.8, 4) is 0 Å². The summed E-state index contributed by atoms with van der Waals surface area (Å²) in [4.78, 5) is 8.73. The molecular formula is C17H28N4O2S. The first-order valence-electron chi connectivity index (χ1n) is 9.08. The van der Waals surface area contributed by atoms with Crippen LogP contribution < -0.4 is 5.32 Å². The Kier molecular flexibility index (Phi) is 5.71. The van der Waals surface area contributed by atoms with Gasteiger partial charge < -0.3 is 5.32 Å². The van der Waals surface area contributed by atoms with E-state index >= 15 is 0 Å². The highest BCUT2D eigenvalue weighted by Crippen LogP contribution is 2.30. The van der Waals surface area contributed by atoms with Gasteiger partial charge in [0.25, 0.3) is 0 Å². The van der Waals surface area contributed by atoms with Crippen molar-refractivity contribution in [1.29, 1.82) is 0 Å². The zero-order valence-electron chi connectivity index (χ0n) is 14.4. The Morgan fingerprint density at radius 2 is 1.88 bits per heavy atom. The maximum atomic E-state index is 12.9. The van der Waals surface area contributed by atoms with E-state index in [0.717, 1.165) is 56.5 Å². The van der Waals surface area contributed by atoms with Crippen LogP contribution in [0.4, 0.5) is 5.82 Å². The van der Waals surface area contributed by atoms with E-state index < -0.39 is 10.0 Å². The SMILES string of the molecule is CNc1nccnc1CC1CCCN(S(=O)(=O)C2CCCCC2)C1. The Morgan fingerprint density at radius 1 is 1.12 bits per heavy atom. The number of anilines is 1. The number of sulfonamides is 1. The monoisotopic (exact) mass is 352 g/mol. The molecule has 7 heteroatoms. The lowest BCUT2D eigenvalue weighted by Crippen LogP contribution is -2.45. The molecule has 2 aliphatic rings. The molecule has 1 aromatic heterocycles. The van der Waals surface area contributed by atoms with Crippen molar-refractivity contribution in [1.82, 2.24) is 14.3 Å². The van der Waals surface area contributed by atoms with E-state index in [1.165, 1.54) is 6.42 Å². The molecule has 2 fully saturated rings. The number of hydrogen-bond acceptors (Lipinski definition) is 5.